The number of carbonyl (C=O) groups excluding carboxylic acids is 1. The Labute approximate surface area is 115 Å². The largest absolute Gasteiger partial charge is 0.326 e. The summed E-state index contributed by atoms with van der Waals surface area (Å²) in [7, 11) is 0. The quantitative estimate of drug-likeness (QED) is 0.885. The van der Waals surface area contributed by atoms with Crippen molar-refractivity contribution >= 4 is 24.0 Å². The SMILES string of the molecule is CCc1ccc(NC(=O)[C@@H]2CCCNC2)cc1.Cl. The van der Waals surface area contributed by atoms with E-state index in [1.54, 1.807) is 0 Å². The van der Waals surface area contributed by atoms with Crippen LogP contribution in [-0.4, -0.2) is 19.0 Å². The minimum Gasteiger partial charge on any atom is -0.326 e. The first-order valence-electron chi connectivity index (χ1n) is 6.40. The molecule has 1 aliphatic heterocycles. The molecule has 0 aromatic heterocycles. The maximum absolute atomic E-state index is 12.0. The Morgan fingerprint density at radius 1 is 1.39 bits per heavy atom. The van der Waals surface area contributed by atoms with Crippen LogP contribution >= 0.6 is 12.4 Å². The van der Waals surface area contributed by atoms with Gasteiger partial charge in [0, 0.05) is 12.2 Å². The summed E-state index contributed by atoms with van der Waals surface area (Å²) in [4.78, 5) is 12.0. The number of halogens is 1. The van der Waals surface area contributed by atoms with Crippen molar-refractivity contribution in [2.75, 3.05) is 18.4 Å². The summed E-state index contributed by atoms with van der Waals surface area (Å²) in [5.41, 5.74) is 2.19. The standard InChI is InChI=1S/C14H20N2O.ClH/c1-2-11-5-7-13(8-6-11)16-14(17)12-4-3-9-15-10-12;/h5-8,12,15H,2-4,9-10H2,1H3,(H,16,17);1H/t12-;/m1./s1. The fourth-order valence-electron chi connectivity index (χ4n) is 2.14. The van der Waals surface area contributed by atoms with Gasteiger partial charge in [0.25, 0.3) is 0 Å². The summed E-state index contributed by atoms with van der Waals surface area (Å²) in [6, 6.07) is 8.09. The number of rotatable bonds is 3. The molecule has 3 nitrogen and oxygen atoms in total. The van der Waals surface area contributed by atoms with Crippen LogP contribution in [0, 0.1) is 5.92 Å². The molecule has 0 unspecified atom stereocenters. The van der Waals surface area contributed by atoms with Gasteiger partial charge in [-0.1, -0.05) is 19.1 Å². The van der Waals surface area contributed by atoms with Crippen LogP contribution in [0.2, 0.25) is 0 Å². The Kier molecular flexibility index (Phi) is 6.16. The molecule has 1 aliphatic rings. The number of hydrogen-bond donors (Lipinski definition) is 2. The molecule has 1 atom stereocenters. The van der Waals surface area contributed by atoms with Crippen molar-refractivity contribution in [2.45, 2.75) is 26.2 Å². The van der Waals surface area contributed by atoms with E-state index in [0.717, 1.165) is 38.0 Å². The maximum Gasteiger partial charge on any atom is 0.228 e. The van der Waals surface area contributed by atoms with Gasteiger partial charge in [0.1, 0.15) is 0 Å². The van der Waals surface area contributed by atoms with Gasteiger partial charge in [-0.05, 0) is 43.5 Å². The van der Waals surface area contributed by atoms with Gasteiger partial charge in [-0.15, -0.1) is 12.4 Å². The van der Waals surface area contributed by atoms with E-state index in [0.29, 0.717) is 0 Å². The smallest absolute Gasteiger partial charge is 0.228 e. The summed E-state index contributed by atoms with van der Waals surface area (Å²) < 4.78 is 0. The lowest BCUT2D eigenvalue weighted by Gasteiger charge is -2.21. The zero-order chi connectivity index (χ0) is 12.1. The molecule has 0 saturated carbocycles. The van der Waals surface area contributed by atoms with Gasteiger partial charge in [-0.3, -0.25) is 4.79 Å². The number of anilines is 1. The van der Waals surface area contributed by atoms with Crippen LogP contribution in [0.3, 0.4) is 0 Å². The number of nitrogens with one attached hydrogen (secondary N) is 2. The second-order valence-corrected chi connectivity index (χ2v) is 4.58. The van der Waals surface area contributed by atoms with Crippen molar-refractivity contribution in [1.82, 2.24) is 5.32 Å². The predicted octanol–water partition coefficient (Wildman–Crippen LogP) is 2.61. The third-order valence-corrected chi connectivity index (χ3v) is 3.30. The predicted molar refractivity (Wildman–Crippen MR) is 77.3 cm³/mol. The molecule has 2 rings (SSSR count). The first-order chi connectivity index (χ1) is 8.29. The van der Waals surface area contributed by atoms with Crippen molar-refractivity contribution in [3.8, 4) is 0 Å². The summed E-state index contributed by atoms with van der Waals surface area (Å²) in [5, 5.41) is 6.24. The van der Waals surface area contributed by atoms with E-state index < -0.39 is 0 Å². The number of hydrogen-bond acceptors (Lipinski definition) is 2. The molecule has 4 heteroatoms. The third-order valence-electron chi connectivity index (χ3n) is 3.30. The highest BCUT2D eigenvalue weighted by Gasteiger charge is 2.20. The first-order valence-corrected chi connectivity index (χ1v) is 6.40. The molecule has 0 spiro atoms. The number of carbonyl (C=O) groups is 1. The molecular weight excluding hydrogens is 248 g/mol. The van der Waals surface area contributed by atoms with E-state index in [1.165, 1.54) is 5.56 Å². The van der Waals surface area contributed by atoms with Crippen LogP contribution in [0.25, 0.3) is 0 Å². The van der Waals surface area contributed by atoms with Gasteiger partial charge in [0.2, 0.25) is 5.91 Å². The fraction of sp³-hybridized carbons (Fsp3) is 0.500. The second kappa shape index (κ2) is 7.39. The molecule has 1 fully saturated rings. The van der Waals surface area contributed by atoms with E-state index in [9.17, 15) is 4.79 Å². The summed E-state index contributed by atoms with van der Waals surface area (Å²) >= 11 is 0. The average molecular weight is 269 g/mol. The minimum atomic E-state index is 0. The molecule has 0 radical (unpaired) electrons. The molecular formula is C14H21ClN2O. The highest BCUT2D eigenvalue weighted by Crippen LogP contribution is 2.15. The number of amides is 1. The van der Waals surface area contributed by atoms with Crippen LogP contribution in [-0.2, 0) is 11.2 Å². The van der Waals surface area contributed by atoms with E-state index in [4.69, 9.17) is 0 Å². The lowest BCUT2D eigenvalue weighted by molar-refractivity contribution is -0.120. The summed E-state index contributed by atoms with van der Waals surface area (Å²) in [5.74, 6) is 0.260. The van der Waals surface area contributed by atoms with Crippen LogP contribution in [0.4, 0.5) is 5.69 Å². The maximum atomic E-state index is 12.0. The third kappa shape index (κ3) is 4.00. The Morgan fingerprint density at radius 2 is 2.11 bits per heavy atom. The zero-order valence-electron chi connectivity index (χ0n) is 10.7. The molecule has 2 N–H and O–H groups in total. The Bertz CT molecular complexity index is 372. The van der Waals surface area contributed by atoms with E-state index >= 15 is 0 Å². The van der Waals surface area contributed by atoms with Crippen LogP contribution in [0.1, 0.15) is 25.3 Å². The molecule has 1 aromatic carbocycles. The number of benzene rings is 1. The lowest BCUT2D eigenvalue weighted by atomic mass is 9.99. The van der Waals surface area contributed by atoms with Crippen molar-refractivity contribution in [3.05, 3.63) is 29.8 Å². The highest BCUT2D eigenvalue weighted by atomic mass is 35.5. The summed E-state index contributed by atoms with van der Waals surface area (Å²) in [6.07, 6.45) is 3.11. The lowest BCUT2D eigenvalue weighted by Crippen LogP contribution is -2.37. The van der Waals surface area contributed by atoms with Crippen molar-refractivity contribution in [2.24, 2.45) is 5.92 Å². The Balaban J connectivity index is 0.00000162. The van der Waals surface area contributed by atoms with Gasteiger partial charge in [-0.2, -0.15) is 0 Å². The van der Waals surface area contributed by atoms with Gasteiger partial charge >= 0.3 is 0 Å². The van der Waals surface area contributed by atoms with Gasteiger partial charge in [0.05, 0.1) is 5.92 Å². The topological polar surface area (TPSA) is 41.1 Å². The van der Waals surface area contributed by atoms with E-state index in [2.05, 4.69) is 29.7 Å². The van der Waals surface area contributed by atoms with Crippen LogP contribution < -0.4 is 10.6 Å². The first kappa shape index (κ1) is 15.0. The van der Waals surface area contributed by atoms with Crippen LogP contribution in [0.15, 0.2) is 24.3 Å². The average Bonchev–Trinajstić information content (AvgIpc) is 2.40. The van der Waals surface area contributed by atoms with Crippen molar-refractivity contribution in [1.29, 1.82) is 0 Å². The normalized spacial score (nSPS) is 18.8. The number of piperidine rings is 1. The monoisotopic (exact) mass is 268 g/mol. The van der Waals surface area contributed by atoms with Gasteiger partial charge in [0.15, 0.2) is 0 Å². The molecule has 18 heavy (non-hydrogen) atoms. The molecule has 0 bridgehead atoms. The molecule has 100 valence electrons. The van der Waals surface area contributed by atoms with Gasteiger partial charge < -0.3 is 10.6 Å². The second-order valence-electron chi connectivity index (χ2n) is 4.58. The van der Waals surface area contributed by atoms with Crippen LogP contribution in [0.5, 0.6) is 0 Å². The fourth-order valence-corrected chi connectivity index (χ4v) is 2.14. The molecule has 1 heterocycles. The number of aryl methyl sites for hydroxylation is 1. The van der Waals surface area contributed by atoms with Gasteiger partial charge in [-0.25, -0.2) is 0 Å². The summed E-state index contributed by atoms with van der Waals surface area (Å²) in [6.45, 7) is 3.97. The van der Waals surface area contributed by atoms with E-state index in [1.807, 2.05) is 12.1 Å². The molecule has 1 amide bonds. The molecule has 1 aromatic rings. The minimum absolute atomic E-state index is 0. The highest BCUT2D eigenvalue weighted by molar-refractivity contribution is 5.92. The Morgan fingerprint density at radius 3 is 2.67 bits per heavy atom. The van der Waals surface area contributed by atoms with E-state index in [-0.39, 0.29) is 24.2 Å². The zero-order valence-corrected chi connectivity index (χ0v) is 11.6. The van der Waals surface area contributed by atoms with Crippen molar-refractivity contribution < 1.29 is 4.79 Å². The Hall–Kier alpha value is -1.06. The van der Waals surface area contributed by atoms with Crippen molar-refractivity contribution in [3.63, 3.8) is 0 Å². The molecule has 0 aliphatic carbocycles. The molecule has 1 saturated heterocycles.